The quantitative estimate of drug-likeness (QED) is 0.662. The van der Waals surface area contributed by atoms with Gasteiger partial charge in [0.15, 0.2) is 6.61 Å². The Bertz CT molecular complexity index is 884. The average Bonchev–Trinajstić information content (AvgIpc) is 3.39. The lowest BCUT2D eigenvalue weighted by Crippen LogP contribution is -2.40. The number of hydrogen-bond acceptors (Lipinski definition) is 6. The molecule has 1 aliphatic rings. The first-order chi connectivity index (χ1) is 13.2. The summed E-state index contributed by atoms with van der Waals surface area (Å²) < 4.78 is 16.3. The zero-order valence-corrected chi connectivity index (χ0v) is 15.3. The van der Waals surface area contributed by atoms with Crippen molar-refractivity contribution in [2.45, 2.75) is 18.8 Å². The number of halogens is 1. The number of likely N-dealkylation sites (tertiary alicyclic amines) is 1. The van der Waals surface area contributed by atoms with Crippen molar-refractivity contribution in [1.82, 2.24) is 15.1 Å². The van der Waals surface area contributed by atoms with Crippen LogP contribution < -0.4 is 4.74 Å². The Balaban J connectivity index is 1.28. The van der Waals surface area contributed by atoms with E-state index in [0.29, 0.717) is 35.6 Å². The summed E-state index contributed by atoms with van der Waals surface area (Å²) in [7, 11) is 0. The van der Waals surface area contributed by atoms with Gasteiger partial charge in [-0.15, -0.1) is 10.2 Å². The molecule has 0 atom stereocenters. The van der Waals surface area contributed by atoms with E-state index >= 15 is 0 Å². The van der Waals surface area contributed by atoms with Gasteiger partial charge in [-0.25, -0.2) is 0 Å². The SMILES string of the molecule is O=C(COc1ccc(Cl)cc1)N1CCC(c2nnc(-c3ccoc3)o2)CC1. The van der Waals surface area contributed by atoms with E-state index in [0.717, 1.165) is 18.4 Å². The molecule has 1 saturated heterocycles. The van der Waals surface area contributed by atoms with E-state index in [-0.39, 0.29) is 18.4 Å². The summed E-state index contributed by atoms with van der Waals surface area (Å²) in [6, 6.07) is 8.73. The molecule has 0 spiro atoms. The van der Waals surface area contributed by atoms with Gasteiger partial charge < -0.3 is 18.5 Å². The van der Waals surface area contributed by atoms with Crippen molar-refractivity contribution in [1.29, 1.82) is 0 Å². The van der Waals surface area contributed by atoms with Crippen molar-refractivity contribution in [3.8, 4) is 17.2 Å². The van der Waals surface area contributed by atoms with Gasteiger partial charge in [-0.2, -0.15) is 0 Å². The summed E-state index contributed by atoms with van der Waals surface area (Å²) in [6.45, 7) is 1.28. The van der Waals surface area contributed by atoms with E-state index in [2.05, 4.69) is 10.2 Å². The lowest BCUT2D eigenvalue weighted by atomic mass is 9.97. The highest BCUT2D eigenvalue weighted by Gasteiger charge is 2.27. The molecule has 0 aliphatic carbocycles. The van der Waals surface area contributed by atoms with Gasteiger partial charge in [0, 0.05) is 24.0 Å². The highest BCUT2D eigenvalue weighted by atomic mass is 35.5. The molecule has 1 aromatic carbocycles. The van der Waals surface area contributed by atoms with Crippen molar-refractivity contribution in [2.24, 2.45) is 0 Å². The third-order valence-corrected chi connectivity index (χ3v) is 4.83. The van der Waals surface area contributed by atoms with E-state index in [1.54, 1.807) is 47.8 Å². The number of carbonyl (C=O) groups is 1. The number of aromatic nitrogens is 2. The fourth-order valence-corrected chi connectivity index (χ4v) is 3.17. The minimum atomic E-state index is -0.0342. The Kier molecular flexibility index (Phi) is 5.11. The molecular weight excluding hydrogens is 370 g/mol. The number of amides is 1. The molecule has 1 fully saturated rings. The number of ether oxygens (including phenoxy) is 1. The van der Waals surface area contributed by atoms with Gasteiger partial charge in [0.2, 0.25) is 5.89 Å². The van der Waals surface area contributed by atoms with Crippen molar-refractivity contribution in [2.75, 3.05) is 19.7 Å². The van der Waals surface area contributed by atoms with Crippen molar-refractivity contribution in [3.63, 3.8) is 0 Å². The van der Waals surface area contributed by atoms with E-state index < -0.39 is 0 Å². The predicted molar refractivity (Wildman–Crippen MR) is 97.5 cm³/mol. The van der Waals surface area contributed by atoms with Crippen LogP contribution in [0.2, 0.25) is 5.02 Å². The standard InChI is InChI=1S/C19H18ClN3O4/c20-15-1-3-16(4-2-15)26-12-17(24)23-8-5-13(6-9-23)18-21-22-19(27-18)14-7-10-25-11-14/h1-4,7,10-11,13H,5-6,8-9,12H2. The third kappa shape index (κ3) is 4.14. The molecule has 1 aliphatic heterocycles. The van der Waals surface area contributed by atoms with Crippen LogP contribution in [-0.4, -0.2) is 40.7 Å². The number of piperidine rings is 1. The molecule has 7 nitrogen and oxygen atoms in total. The topological polar surface area (TPSA) is 81.6 Å². The second-order valence-corrected chi connectivity index (χ2v) is 6.79. The smallest absolute Gasteiger partial charge is 0.260 e. The molecule has 0 unspecified atom stereocenters. The lowest BCUT2D eigenvalue weighted by molar-refractivity contribution is -0.134. The largest absolute Gasteiger partial charge is 0.484 e. The molecule has 0 saturated carbocycles. The Morgan fingerprint density at radius 3 is 2.67 bits per heavy atom. The van der Waals surface area contributed by atoms with Crippen LogP contribution in [0.4, 0.5) is 0 Å². The summed E-state index contributed by atoms with van der Waals surface area (Å²) in [5, 5.41) is 8.85. The molecule has 2 aromatic heterocycles. The monoisotopic (exact) mass is 387 g/mol. The number of rotatable bonds is 5. The molecule has 140 valence electrons. The Morgan fingerprint density at radius 2 is 1.96 bits per heavy atom. The molecule has 3 heterocycles. The molecule has 0 N–H and O–H groups in total. The fourth-order valence-electron chi connectivity index (χ4n) is 3.05. The normalized spacial score (nSPS) is 15.1. The van der Waals surface area contributed by atoms with Gasteiger partial charge in [-0.3, -0.25) is 4.79 Å². The van der Waals surface area contributed by atoms with Gasteiger partial charge in [-0.05, 0) is 43.2 Å². The van der Waals surface area contributed by atoms with Crippen molar-refractivity contribution >= 4 is 17.5 Å². The number of benzene rings is 1. The minimum Gasteiger partial charge on any atom is -0.484 e. The number of nitrogens with zero attached hydrogens (tertiary/aromatic N) is 3. The van der Waals surface area contributed by atoms with Gasteiger partial charge in [0.05, 0.1) is 11.8 Å². The fraction of sp³-hybridized carbons (Fsp3) is 0.316. The maximum atomic E-state index is 12.4. The Labute approximate surface area is 160 Å². The maximum Gasteiger partial charge on any atom is 0.260 e. The van der Waals surface area contributed by atoms with E-state index in [1.165, 1.54) is 0 Å². The Morgan fingerprint density at radius 1 is 1.19 bits per heavy atom. The van der Waals surface area contributed by atoms with E-state index in [1.807, 2.05) is 0 Å². The second-order valence-electron chi connectivity index (χ2n) is 6.36. The zero-order valence-electron chi connectivity index (χ0n) is 14.5. The minimum absolute atomic E-state index is 0.0114. The van der Waals surface area contributed by atoms with Gasteiger partial charge in [0.25, 0.3) is 11.8 Å². The highest BCUT2D eigenvalue weighted by Crippen LogP contribution is 2.29. The Hall–Kier alpha value is -2.80. The molecule has 1 amide bonds. The van der Waals surface area contributed by atoms with E-state index in [9.17, 15) is 4.79 Å². The summed E-state index contributed by atoms with van der Waals surface area (Å²) in [5.41, 5.74) is 0.765. The summed E-state index contributed by atoms with van der Waals surface area (Å²) in [4.78, 5) is 14.2. The zero-order chi connectivity index (χ0) is 18.6. The van der Waals surface area contributed by atoms with Crippen LogP contribution in [0.5, 0.6) is 5.75 Å². The van der Waals surface area contributed by atoms with Crippen molar-refractivity contribution < 1.29 is 18.4 Å². The summed E-state index contributed by atoms with van der Waals surface area (Å²) in [5.74, 6) is 1.80. The molecule has 3 aromatic rings. The van der Waals surface area contributed by atoms with Gasteiger partial charge in [0.1, 0.15) is 12.0 Å². The van der Waals surface area contributed by atoms with Crippen LogP contribution in [-0.2, 0) is 4.79 Å². The number of carbonyl (C=O) groups excluding carboxylic acids is 1. The van der Waals surface area contributed by atoms with Crippen LogP contribution in [0.15, 0.2) is 51.7 Å². The number of hydrogen-bond donors (Lipinski definition) is 0. The molecule has 0 radical (unpaired) electrons. The van der Waals surface area contributed by atoms with E-state index in [4.69, 9.17) is 25.2 Å². The molecule has 0 bridgehead atoms. The third-order valence-electron chi connectivity index (χ3n) is 4.58. The summed E-state index contributed by atoms with van der Waals surface area (Å²) >= 11 is 5.84. The highest BCUT2D eigenvalue weighted by molar-refractivity contribution is 6.30. The predicted octanol–water partition coefficient (Wildman–Crippen LogP) is 3.77. The first-order valence-corrected chi connectivity index (χ1v) is 9.09. The molecule has 27 heavy (non-hydrogen) atoms. The number of furan rings is 1. The van der Waals surface area contributed by atoms with Crippen LogP contribution >= 0.6 is 11.6 Å². The van der Waals surface area contributed by atoms with Crippen LogP contribution in [0.3, 0.4) is 0 Å². The summed E-state index contributed by atoms with van der Waals surface area (Å²) in [6.07, 6.45) is 4.69. The second kappa shape index (κ2) is 7.84. The average molecular weight is 388 g/mol. The maximum absolute atomic E-state index is 12.4. The molecule has 4 rings (SSSR count). The first kappa shape index (κ1) is 17.6. The van der Waals surface area contributed by atoms with Crippen LogP contribution in [0.25, 0.3) is 11.5 Å². The van der Waals surface area contributed by atoms with Gasteiger partial charge >= 0.3 is 0 Å². The van der Waals surface area contributed by atoms with Gasteiger partial charge in [-0.1, -0.05) is 11.6 Å². The lowest BCUT2D eigenvalue weighted by Gasteiger charge is -2.30. The van der Waals surface area contributed by atoms with Crippen molar-refractivity contribution in [3.05, 3.63) is 53.8 Å². The molecule has 8 heteroatoms. The molecular formula is C19H18ClN3O4. The van der Waals surface area contributed by atoms with Crippen LogP contribution in [0.1, 0.15) is 24.7 Å². The van der Waals surface area contributed by atoms with Crippen LogP contribution in [0, 0.1) is 0 Å². The first-order valence-electron chi connectivity index (χ1n) is 8.71.